The molecule has 0 spiro atoms. The molecule has 12 nitrogen and oxygen atoms in total. The lowest BCUT2D eigenvalue weighted by molar-refractivity contribution is -0.132. The van der Waals surface area contributed by atoms with Crippen molar-refractivity contribution >= 4 is 31.4 Å². The molecule has 4 amide bonds. The quantitative estimate of drug-likeness (QED) is 0.261. The van der Waals surface area contributed by atoms with Crippen LogP contribution in [0.1, 0.15) is 39.2 Å². The minimum atomic E-state index is -4.53. The summed E-state index contributed by atoms with van der Waals surface area (Å²) in [4.78, 5) is 68.5. The zero-order chi connectivity index (χ0) is 25.9. The maximum absolute atomic E-state index is 12.5. The molecule has 0 fully saturated rings. The summed E-state index contributed by atoms with van der Waals surface area (Å²) in [5, 5.41) is 7.09. The Morgan fingerprint density at radius 1 is 1.03 bits per heavy atom. The Morgan fingerprint density at radius 3 is 2.21 bits per heavy atom. The van der Waals surface area contributed by atoms with Gasteiger partial charge in [-0.25, -0.2) is 4.79 Å². The molecule has 0 unspecified atom stereocenters. The molecular formula is C21H33N4O8P. The SMILES string of the molecule is CCC[C@H](NC(=O)[C@H](C)NC(=O)CN(C)C(=O)OCc1ccccc1)C(=O)N[C@@H](C)P(=O)(O)O. The highest BCUT2D eigenvalue weighted by Crippen LogP contribution is 2.39. The number of carbonyl (C=O) groups excluding carboxylic acids is 4. The summed E-state index contributed by atoms with van der Waals surface area (Å²) < 4.78 is 16.4. The van der Waals surface area contributed by atoms with E-state index in [2.05, 4.69) is 16.0 Å². The van der Waals surface area contributed by atoms with Gasteiger partial charge >= 0.3 is 13.7 Å². The van der Waals surface area contributed by atoms with Crippen LogP contribution in [0, 0.1) is 0 Å². The topological polar surface area (TPSA) is 174 Å². The number of ether oxygens (including phenoxy) is 1. The van der Waals surface area contributed by atoms with Crippen LogP contribution in [0.25, 0.3) is 0 Å². The van der Waals surface area contributed by atoms with Gasteiger partial charge in [-0.1, -0.05) is 43.7 Å². The van der Waals surface area contributed by atoms with Gasteiger partial charge in [-0.15, -0.1) is 0 Å². The zero-order valence-electron chi connectivity index (χ0n) is 19.7. The van der Waals surface area contributed by atoms with Crippen LogP contribution in [0.3, 0.4) is 0 Å². The van der Waals surface area contributed by atoms with Crippen molar-refractivity contribution in [2.45, 2.75) is 58.1 Å². The van der Waals surface area contributed by atoms with E-state index in [4.69, 9.17) is 14.5 Å². The van der Waals surface area contributed by atoms with Gasteiger partial charge in [-0.05, 0) is 25.8 Å². The van der Waals surface area contributed by atoms with Crippen molar-refractivity contribution in [2.24, 2.45) is 0 Å². The van der Waals surface area contributed by atoms with E-state index in [-0.39, 0.29) is 19.6 Å². The van der Waals surface area contributed by atoms with Gasteiger partial charge in [0.2, 0.25) is 17.7 Å². The number of nitrogens with one attached hydrogen (secondary N) is 3. The number of benzene rings is 1. The normalized spacial score (nSPS) is 13.7. The van der Waals surface area contributed by atoms with Gasteiger partial charge in [0.25, 0.3) is 0 Å². The van der Waals surface area contributed by atoms with Crippen LogP contribution in [0.4, 0.5) is 4.79 Å². The third kappa shape index (κ3) is 10.3. The van der Waals surface area contributed by atoms with Crippen LogP contribution in [0.15, 0.2) is 30.3 Å². The third-order valence-corrected chi connectivity index (χ3v) is 5.87. The fraction of sp³-hybridized carbons (Fsp3) is 0.524. The number of likely N-dealkylation sites (N-methyl/N-ethyl adjacent to an activating group) is 1. The highest BCUT2D eigenvalue weighted by molar-refractivity contribution is 7.52. The molecule has 0 saturated heterocycles. The molecule has 0 aliphatic carbocycles. The lowest BCUT2D eigenvalue weighted by atomic mass is 10.1. The third-order valence-electron chi connectivity index (χ3n) is 4.73. The number of rotatable bonds is 12. The van der Waals surface area contributed by atoms with Gasteiger partial charge in [-0.2, -0.15) is 0 Å². The molecule has 5 N–H and O–H groups in total. The van der Waals surface area contributed by atoms with Gasteiger partial charge in [-0.3, -0.25) is 18.9 Å². The van der Waals surface area contributed by atoms with Gasteiger partial charge in [0.15, 0.2) is 0 Å². The predicted octanol–water partition coefficient (Wildman–Crippen LogP) is 0.685. The van der Waals surface area contributed by atoms with Crippen molar-refractivity contribution in [1.29, 1.82) is 0 Å². The largest absolute Gasteiger partial charge is 0.445 e. The van der Waals surface area contributed by atoms with Crippen LogP contribution >= 0.6 is 7.60 Å². The molecule has 13 heteroatoms. The Morgan fingerprint density at radius 2 is 1.65 bits per heavy atom. The van der Waals surface area contributed by atoms with Gasteiger partial charge < -0.3 is 35.4 Å². The first-order valence-electron chi connectivity index (χ1n) is 10.7. The van der Waals surface area contributed by atoms with E-state index in [1.54, 1.807) is 31.2 Å². The maximum atomic E-state index is 12.5. The van der Waals surface area contributed by atoms with E-state index in [0.29, 0.717) is 6.42 Å². The van der Waals surface area contributed by atoms with E-state index >= 15 is 0 Å². The number of nitrogens with zero attached hydrogens (tertiary/aromatic N) is 1. The van der Waals surface area contributed by atoms with E-state index in [9.17, 15) is 23.7 Å². The fourth-order valence-corrected chi connectivity index (χ4v) is 3.00. The summed E-state index contributed by atoms with van der Waals surface area (Å²) in [6.45, 7) is 4.03. The number of amides is 4. The molecule has 190 valence electrons. The van der Waals surface area contributed by atoms with Gasteiger partial charge in [0.05, 0.1) is 0 Å². The molecule has 1 rings (SSSR count). The van der Waals surface area contributed by atoms with Gasteiger partial charge in [0.1, 0.15) is 31.0 Å². The molecule has 0 heterocycles. The highest BCUT2D eigenvalue weighted by Gasteiger charge is 2.30. The minimum absolute atomic E-state index is 0.0476. The second kappa shape index (κ2) is 13.7. The molecule has 3 atom stereocenters. The Balaban J connectivity index is 2.55. The molecule has 0 saturated carbocycles. The molecule has 0 aliphatic heterocycles. The smallest absolute Gasteiger partial charge is 0.410 e. The van der Waals surface area contributed by atoms with Crippen LogP contribution in [-0.2, 0) is 30.3 Å². The van der Waals surface area contributed by atoms with E-state index in [1.165, 1.54) is 14.0 Å². The van der Waals surface area contributed by atoms with E-state index in [0.717, 1.165) is 17.4 Å². The van der Waals surface area contributed by atoms with Crippen molar-refractivity contribution in [3.05, 3.63) is 35.9 Å². The standard InChI is InChI=1S/C21H33N4O8P/c1-5-9-17(20(28)23-15(3)34(30,31)32)24-19(27)14(2)22-18(26)12-25(4)21(29)33-13-16-10-7-6-8-11-16/h6-8,10-11,14-15,17H,5,9,12-13H2,1-4H3,(H,22,26)(H,23,28)(H,24,27)(H2,30,31,32)/t14-,15+,17-/m0/s1. The fourth-order valence-electron chi connectivity index (χ4n) is 2.71. The first-order chi connectivity index (χ1) is 15.8. The number of hydrogen-bond acceptors (Lipinski definition) is 6. The van der Waals surface area contributed by atoms with Crippen LogP contribution in [-0.4, -0.2) is 70.0 Å². The average Bonchev–Trinajstić information content (AvgIpc) is 2.76. The summed E-state index contributed by atoms with van der Waals surface area (Å²) >= 11 is 0. The summed E-state index contributed by atoms with van der Waals surface area (Å²) in [5.41, 5.74) is 0.792. The Hall–Kier alpha value is -2.95. The first-order valence-corrected chi connectivity index (χ1v) is 12.4. The van der Waals surface area contributed by atoms with Crippen molar-refractivity contribution in [3.8, 4) is 0 Å². The minimum Gasteiger partial charge on any atom is -0.445 e. The van der Waals surface area contributed by atoms with E-state index in [1.807, 2.05) is 6.07 Å². The highest BCUT2D eigenvalue weighted by atomic mass is 31.2. The van der Waals surface area contributed by atoms with Crippen molar-refractivity contribution < 1.29 is 38.3 Å². The average molecular weight is 500 g/mol. The molecule has 1 aromatic rings. The summed E-state index contributed by atoms with van der Waals surface area (Å²) in [6.07, 6.45) is 0.0245. The second-order valence-corrected chi connectivity index (χ2v) is 9.76. The van der Waals surface area contributed by atoms with Crippen molar-refractivity contribution in [1.82, 2.24) is 20.9 Å². The molecular weight excluding hydrogens is 467 g/mol. The molecule has 0 bridgehead atoms. The summed E-state index contributed by atoms with van der Waals surface area (Å²) in [7, 11) is -3.15. The lowest BCUT2D eigenvalue weighted by Crippen LogP contribution is -2.54. The monoisotopic (exact) mass is 500 g/mol. The van der Waals surface area contributed by atoms with Crippen LogP contribution in [0.5, 0.6) is 0 Å². The maximum Gasteiger partial charge on any atom is 0.410 e. The first kappa shape index (κ1) is 29.1. The van der Waals surface area contributed by atoms with Gasteiger partial charge in [0, 0.05) is 7.05 Å². The second-order valence-electron chi connectivity index (χ2n) is 7.81. The summed E-state index contributed by atoms with van der Waals surface area (Å²) in [6, 6.07) is 6.95. The Labute approximate surface area is 198 Å². The van der Waals surface area contributed by atoms with Crippen molar-refractivity contribution in [3.63, 3.8) is 0 Å². The Kier molecular flexibility index (Phi) is 11.7. The number of carbonyl (C=O) groups is 4. The van der Waals surface area contributed by atoms with E-state index < -0.39 is 49.3 Å². The number of hydrogen-bond donors (Lipinski definition) is 5. The molecule has 0 aliphatic rings. The predicted molar refractivity (Wildman–Crippen MR) is 123 cm³/mol. The van der Waals surface area contributed by atoms with Crippen LogP contribution in [0.2, 0.25) is 0 Å². The molecule has 0 radical (unpaired) electrons. The molecule has 0 aromatic heterocycles. The Bertz CT molecular complexity index is 892. The van der Waals surface area contributed by atoms with Crippen molar-refractivity contribution in [2.75, 3.05) is 13.6 Å². The summed E-state index contributed by atoms with van der Waals surface area (Å²) in [5.74, 6) is -3.44. The molecule has 1 aromatic carbocycles. The lowest BCUT2D eigenvalue weighted by Gasteiger charge is -2.23. The van der Waals surface area contributed by atoms with Crippen LogP contribution < -0.4 is 16.0 Å². The molecule has 34 heavy (non-hydrogen) atoms. The zero-order valence-corrected chi connectivity index (χ0v) is 20.6.